The predicted molar refractivity (Wildman–Crippen MR) is 74.4 cm³/mol. The molecule has 0 spiro atoms. The maximum Gasteiger partial charge on any atom is 0.171 e. The highest BCUT2D eigenvalue weighted by atomic mass is 32.1. The van der Waals surface area contributed by atoms with Gasteiger partial charge in [0.2, 0.25) is 0 Å². The van der Waals surface area contributed by atoms with Crippen LogP contribution < -0.4 is 4.90 Å². The molecule has 0 unspecified atom stereocenters. The minimum absolute atomic E-state index is 0.584. The van der Waals surface area contributed by atoms with Crippen molar-refractivity contribution in [2.75, 3.05) is 18.0 Å². The second-order valence-electron chi connectivity index (χ2n) is 4.39. The summed E-state index contributed by atoms with van der Waals surface area (Å²) in [7, 11) is 0. The maximum atomic E-state index is 11.1. The molecule has 4 heteroatoms. The number of rotatable bonds is 3. The average Bonchev–Trinajstić information content (AvgIpc) is 3.08. The van der Waals surface area contributed by atoms with Crippen molar-refractivity contribution in [2.24, 2.45) is 0 Å². The highest BCUT2D eigenvalue weighted by molar-refractivity contribution is 7.19. The van der Waals surface area contributed by atoms with Gasteiger partial charge in [0.05, 0.1) is 0 Å². The fraction of sp³-hybridized carbons (Fsp3) is 0.286. The topological polar surface area (TPSA) is 33.2 Å². The Bertz CT molecular complexity index is 544. The summed E-state index contributed by atoms with van der Waals surface area (Å²) in [5, 5.41) is 1.96. The van der Waals surface area contributed by atoms with Gasteiger partial charge >= 0.3 is 0 Å². The molecule has 0 saturated carbocycles. The van der Waals surface area contributed by atoms with Crippen molar-refractivity contribution in [1.82, 2.24) is 4.98 Å². The van der Waals surface area contributed by atoms with Gasteiger partial charge in [0.15, 0.2) is 6.29 Å². The van der Waals surface area contributed by atoms with Crippen molar-refractivity contribution in [1.29, 1.82) is 0 Å². The zero-order chi connectivity index (χ0) is 12.4. The molecule has 1 aliphatic heterocycles. The van der Waals surface area contributed by atoms with Crippen molar-refractivity contribution < 1.29 is 4.79 Å². The van der Waals surface area contributed by atoms with Crippen LogP contribution in [0.2, 0.25) is 0 Å². The van der Waals surface area contributed by atoms with Crippen molar-refractivity contribution in [3.05, 3.63) is 36.0 Å². The van der Waals surface area contributed by atoms with E-state index in [1.54, 1.807) is 11.3 Å². The van der Waals surface area contributed by atoms with Crippen LogP contribution in [0.15, 0.2) is 30.3 Å². The molecule has 1 fully saturated rings. The van der Waals surface area contributed by atoms with E-state index in [-0.39, 0.29) is 0 Å². The molecule has 3 rings (SSSR count). The van der Waals surface area contributed by atoms with Crippen LogP contribution in [0.5, 0.6) is 0 Å². The summed E-state index contributed by atoms with van der Waals surface area (Å²) >= 11 is 1.62. The first-order valence-electron chi connectivity index (χ1n) is 6.15. The fourth-order valence-corrected chi connectivity index (χ4v) is 3.34. The van der Waals surface area contributed by atoms with Gasteiger partial charge in [0.25, 0.3) is 0 Å². The normalized spacial score (nSPS) is 15.0. The number of carbonyl (C=O) groups is 1. The van der Waals surface area contributed by atoms with E-state index in [1.807, 2.05) is 30.3 Å². The third kappa shape index (κ3) is 2.04. The second kappa shape index (κ2) is 4.90. The molecule has 0 radical (unpaired) electrons. The molecule has 0 amide bonds. The molecule has 1 aromatic heterocycles. The highest BCUT2D eigenvalue weighted by Gasteiger charge is 2.20. The van der Waals surface area contributed by atoms with Gasteiger partial charge < -0.3 is 4.90 Å². The molecule has 0 bridgehead atoms. The number of thiazole rings is 1. The lowest BCUT2D eigenvalue weighted by Gasteiger charge is -2.14. The SMILES string of the molecule is O=Cc1nc(-c2ccccc2)sc1N1CCCC1. The minimum atomic E-state index is 0.584. The fourth-order valence-electron chi connectivity index (χ4n) is 2.25. The lowest BCUT2D eigenvalue weighted by atomic mass is 10.2. The first kappa shape index (κ1) is 11.4. The summed E-state index contributed by atoms with van der Waals surface area (Å²) in [6, 6.07) is 10.0. The lowest BCUT2D eigenvalue weighted by Crippen LogP contribution is -2.17. The number of benzene rings is 1. The molecule has 0 N–H and O–H groups in total. The quantitative estimate of drug-likeness (QED) is 0.792. The van der Waals surface area contributed by atoms with Gasteiger partial charge in [0, 0.05) is 18.7 Å². The smallest absolute Gasteiger partial charge is 0.171 e. The van der Waals surface area contributed by atoms with Crippen molar-refractivity contribution in [3.63, 3.8) is 0 Å². The Kier molecular flexibility index (Phi) is 3.11. The van der Waals surface area contributed by atoms with Crippen LogP contribution in [-0.4, -0.2) is 24.4 Å². The molecule has 2 aromatic rings. The van der Waals surface area contributed by atoms with Crippen LogP contribution in [0.1, 0.15) is 23.3 Å². The molecule has 2 heterocycles. The predicted octanol–water partition coefficient (Wildman–Crippen LogP) is 3.22. The Morgan fingerprint density at radius 2 is 1.89 bits per heavy atom. The summed E-state index contributed by atoms with van der Waals surface area (Å²) in [6.07, 6.45) is 3.28. The molecule has 1 aromatic carbocycles. The summed E-state index contributed by atoms with van der Waals surface area (Å²) in [6.45, 7) is 2.08. The van der Waals surface area contributed by atoms with Crippen molar-refractivity contribution in [3.8, 4) is 10.6 Å². The first-order chi connectivity index (χ1) is 8.88. The average molecular weight is 258 g/mol. The Labute approximate surface area is 110 Å². The maximum absolute atomic E-state index is 11.1. The monoisotopic (exact) mass is 258 g/mol. The molecule has 1 saturated heterocycles. The van der Waals surface area contributed by atoms with Crippen molar-refractivity contribution >= 4 is 22.6 Å². The van der Waals surface area contributed by atoms with Gasteiger partial charge in [-0.15, -0.1) is 0 Å². The Morgan fingerprint density at radius 1 is 1.17 bits per heavy atom. The number of hydrogen-bond donors (Lipinski definition) is 0. The largest absolute Gasteiger partial charge is 0.362 e. The number of hydrogen-bond acceptors (Lipinski definition) is 4. The van der Waals surface area contributed by atoms with Gasteiger partial charge in [-0.2, -0.15) is 0 Å². The van der Waals surface area contributed by atoms with E-state index in [2.05, 4.69) is 9.88 Å². The van der Waals surface area contributed by atoms with Crippen LogP contribution in [0, 0.1) is 0 Å². The molecule has 0 atom stereocenters. The van der Waals surface area contributed by atoms with E-state index in [1.165, 1.54) is 12.8 Å². The van der Waals surface area contributed by atoms with Crippen LogP contribution >= 0.6 is 11.3 Å². The molecule has 3 nitrogen and oxygen atoms in total. The van der Waals surface area contributed by atoms with E-state index in [4.69, 9.17) is 0 Å². The van der Waals surface area contributed by atoms with Gasteiger partial charge in [-0.1, -0.05) is 41.7 Å². The number of aldehydes is 1. The van der Waals surface area contributed by atoms with Crippen LogP contribution in [0.3, 0.4) is 0 Å². The Hall–Kier alpha value is -1.68. The Morgan fingerprint density at radius 3 is 2.56 bits per heavy atom. The van der Waals surface area contributed by atoms with Gasteiger partial charge in [-0.25, -0.2) is 4.98 Å². The Balaban J connectivity index is 2.00. The van der Waals surface area contributed by atoms with E-state index >= 15 is 0 Å². The summed E-state index contributed by atoms with van der Waals surface area (Å²) in [4.78, 5) is 17.9. The molecule has 92 valence electrons. The molecule has 1 aliphatic rings. The van der Waals surface area contributed by atoms with E-state index < -0.39 is 0 Å². The van der Waals surface area contributed by atoms with E-state index in [9.17, 15) is 4.79 Å². The number of nitrogens with zero attached hydrogens (tertiary/aromatic N) is 2. The second-order valence-corrected chi connectivity index (χ2v) is 5.36. The third-order valence-electron chi connectivity index (χ3n) is 3.16. The highest BCUT2D eigenvalue weighted by Crippen LogP contribution is 2.35. The van der Waals surface area contributed by atoms with Crippen molar-refractivity contribution in [2.45, 2.75) is 12.8 Å². The molecular weight excluding hydrogens is 244 g/mol. The minimum Gasteiger partial charge on any atom is -0.362 e. The number of carbonyl (C=O) groups excluding carboxylic acids is 1. The molecule has 0 aliphatic carbocycles. The standard InChI is InChI=1S/C14H14N2OS/c17-10-12-14(16-8-4-5-9-16)18-13(15-12)11-6-2-1-3-7-11/h1-3,6-7,10H,4-5,8-9H2. The lowest BCUT2D eigenvalue weighted by molar-refractivity contribution is 0.112. The number of anilines is 1. The summed E-state index contributed by atoms with van der Waals surface area (Å²) in [5.74, 6) is 0. The third-order valence-corrected chi connectivity index (χ3v) is 4.34. The molecule has 18 heavy (non-hydrogen) atoms. The van der Waals surface area contributed by atoms with Gasteiger partial charge in [-0.3, -0.25) is 4.79 Å². The number of aromatic nitrogens is 1. The van der Waals surface area contributed by atoms with Gasteiger partial charge in [0.1, 0.15) is 15.7 Å². The van der Waals surface area contributed by atoms with Crippen LogP contribution in [0.4, 0.5) is 5.00 Å². The zero-order valence-electron chi connectivity index (χ0n) is 10.0. The summed E-state index contributed by atoms with van der Waals surface area (Å²) in [5.41, 5.74) is 1.66. The zero-order valence-corrected chi connectivity index (χ0v) is 10.8. The van der Waals surface area contributed by atoms with Gasteiger partial charge in [-0.05, 0) is 12.8 Å². The van der Waals surface area contributed by atoms with Crippen LogP contribution in [0.25, 0.3) is 10.6 Å². The van der Waals surface area contributed by atoms with E-state index in [0.29, 0.717) is 5.69 Å². The summed E-state index contributed by atoms with van der Waals surface area (Å²) < 4.78 is 0. The first-order valence-corrected chi connectivity index (χ1v) is 6.96. The van der Waals surface area contributed by atoms with E-state index in [0.717, 1.165) is 34.9 Å². The van der Waals surface area contributed by atoms with Crippen LogP contribution in [-0.2, 0) is 0 Å². The molecular formula is C14H14N2OS.